The first-order valence-corrected chi connectivity index (χ1v) is 5.86. The van der Waals surface area contributed by atoms with Crippen LogP contribution in [0.2, 0.25) is 0 Å². The number of allylic oxidation sites excluding steroid dienone is 1. The summed E-state index contributed by atoms with van der Waals surface area (Å²) in [6, 6.07) is 7.85. The van der Waals surface area contributed by atoms with Crippen molar-refractivity contribution in [2.45, 2.75) is 6.54 Å². The zero-order chi connectivity index (χ0) is 13.2. The first-order valence-electron chi connectivity index (χ1n) is 5.86. The van der Waals surface area contributed by atoms with Crippen molar-refractivity contribution in [1.82, 2.24) is 24.8 Å². The minimum absolute atomic E-state index is 0.542. The monoisotopic (exact) mass is 255 g/mol. The Hall–Kier alpha value is -2.63. The van der Waals surface area contributed by atoms with E-state index >= 15 is 0 Å². The second kappa shape index (κ2) is 4.56. The van der Waals surface area contributed by atoms with E-state index in [2.05, 4.69) is 22.0 Å². The van der Waals surface area contributed by atoms with Crippen LogP contribution in [0.25, 0.3) is 16.9 Å². The van der Waals surface area contributed by atoms with Crippen LogP contribution >= 0.6 is 0 Å². The molecule has 0 spiro atoms. The first-order chi connectivity index (χ1) is 9.31. The van der Waals surface area contributed by atoms with E-state index < -0.39 is 0 Å². The van der Waals surface area contributed by atoms with Crippen LogP contribution in [0.5, 0.6) is 5.75 Å². The fraction of sp³-hybridized carbons (Fsp3) is 0.154. The Morgan fingerprint density at radius 2 is 2.26 bits per heavy atom. The van der Waals surface area contributed by atoms with Crippen molar-refractivity contribution in [1.29, 1.82) is 0 Å². The summed E-state index contributed by atoms with van der Waals surface area (Å²) in [7, 11) is 1.65. The van der Waals surface area contributed by atoms with Crippen molar-refractivity contribution in [2.24, 2.45) is 0 Å². The van der Waals surface area contributed by atoms with Crippen LogP contribution in [0.4, 0.5) is 0 Å². The number of nitrogens with zero attached hydrogens (tertiary/aromatic N) is 5. The number of aromatic nitrogens is 5. The fourth-order valence-corrected chi connectivity index (χ4v) is 1.95. The van der Waals surface area contributed by atoms with Crippen LogP contribution in [0.15, 0.2) is 43.1 Å². The van der Waals surface area contributed by atoms with Gasteiger partial charge >= 0.3 is 0 Å². The molecule has 0 radical (unpaired) electrons. The number of methoxy groups -OCH3 is 1. The van der Waals surface area contributed by atoms with Crippen LogP contribution in [0.1, 0.15) is 0 Å². The molecule has 0 saturated carbocycles. The predicted octanol–water partition coefficient (Wildman–Crippen LogP) is 1.81. The molecule has 0 N–H and O–H groups in total. The molecule has 0 aliphatic rings. The maximum Gasteiger partial charge on any atom is 0.274 e. The number of benzene rings is 1. The molecule has 3 rings (SSSR count). The summed E-state index contributed by atoms with van der Waals surface area (Å²) in [5, 5.41) is 13.4. The summed E-state index contributed by atoms with van der Waals surface area (Å²) in [5.74, 6) is 1.37. The van der Waals surface area contributed by atoms with Gasteiger partial charge in [0.05, 0.1) is 19.2 Å². The molecule has 0 aliphatic carbocycles. The van der Waals surface area contributed by atoms with Gasteiger partial charge in [0, 0.05) is 11.6 Å². The third kappa shape index (κ3) is 1.97. The van der Waals surface area contributed by atoms with Gasteiger partial charge in [-0.3, -0.25) is 4.57 Å². The number of rotatable bonds is 4. The van der Waals surface area contributed by atoms with E-state index in [9.17, 15) is 0 Å². The fourth-order valence-electron chi connectivity index (χ4n) is 1.95. The largest absolute Gasteiger partial charge is 0.497 e. The lowest BCUT2D eigenvalue weighted by Crippen LogP contribution is -2.01. The summed E-state index contributed by atoms with van der Waals surface area (Å²) in [5.41, 5.74) is 1.01. The number of hydrogen-bond acceptors (Lipinski definition) is 4. The number of hydrogen-bond donors (Lipinski definition) is 0. The molecule has 0 saturated heterocycles. The van der Waals surface area contributed by atoms with Gasteiger partial charge in [-0.25, -0.2) is 0 Å². The van der Waals surface area contributed by atoms with Gasteiger partial charge in [0.1, 0.15) is 5.75 Å². The maximum atomic E-state index is 5.21. The highest BCUT2D eigenvalue weighted by atomic mass is 16.5. The molecule has 96 valence electrons. The van der Waals surface area contributed by atoms with E-state index in [1.165, 1.54) is 4.80 Å². The average Bonchev–Trinajstić information content (AvgIpc) is 3.04. The standard InChI is InChI=1S/C13H13N5O/c1-3-7-18-15-13(14-16-18)17-8-6-10-9-11(19-2)4-5-12(10)17/h3-6,8-9H,1,7H2,2H3. The molecule has 0 atom stereocenters. The van der Waals surface area contributed by atoms with E-state index in [1.807, 2.05) is 35.0 Å². The van der Waals surface area contributed by atoms with E-state index in [-0.39, 0.29) is 0 Å². The van der Waals surface area contributed by atoms with Crippen molar-refractivity contribution in [3.63, 3.8) is 0 Å². The zero-order valence-electron chi connectivity index (χ0n) is 10.5. The molecule has 2 aromatic heterocycles. The summed E-state index contributed by atoms with van der Waals surface area (Å²) in [4.78, 5) is 1.50. The molecular formula is C13H13N5O. The smallest absolute Gasteiger partial charge is 0.274 e. The highest BCUT2D eigenvalue weighted by Crippen LogP contribution is 2.23. The molecule has 6 nitrogen and oxygen atoms in total. The SMILES string of the molecule is C=CCn1nnc(-n2ccc3cc(OC)ccc32)n1. The molecule has 3 aromatic rings. The molecule has 1 aromatic carbocycles. The Morgan fingerprint density at radius 3 is 3.05 bits per heavy atom. The molecule has 2 heterocycles. The molecule has 0 aliphatic heterocycles. The van der Waals surface area contributed by atoms with Crippen LogP contribution in [-0.4, -0.2) is 31.9 Å². The second-order valence-electron chi connectivity index (χ2n) is 4.04. The number of tetrazole rings is 1. The van der Waals surface area contributed by atoms with Gasteiger partial charge in [0.25, 0.3) is 5.95 Å². The first kappa shape index (κ1) is 11.5. The van der Waals surface area contributed by atoms with Gasteiger partial charge in [-0.15, -0.1) is 11.7 Å². The highest BCUT2D eigenvalue weighted by Gasteiger charge is 2.08. The van der Waals surface area contributed by atoms with Crippen LogP contribution in [0.3, 0.4) is 0 Å². The van der Waals surface area contributed by atoms with E-state index in [1.54, 1.807) is 13.2 Å². The highest BCUT2D eigenvalue weighted by molar-refractivity contribution is 5.82. The van der Waals surface area contributed by atoms with Crippen molar-refractivity contribution >= 4 is 10.9 Å². The van der Waals surface area contributed by atoms with Crippen molar-refractivity contribution in [3.05, 3.63) is 43.1 Å². The van der Waals surface area contributed by atoms with E-state index in [0.29, 0.717) is 12.5 Å². The minimum Gasteiger partial charge on any atom is -0.497 e. The molecule has 0 bridgehead atoms. The maximum absolute atomic E-state index is 5.21. The zero-order valence-corrected chi connectivity index (χ0v) is 10.5. The van der Waals surface area contributed by atoms with Crippen LogP contribution in [0, 0.1) is 0 Å². The van der Waals surface area contributed by atoms with Gasteiger partial charge in [-0.05, 0) is 29.5 Å². The lowest BCUT2D eigenvalue weighted by atomic mass is 10.2. The third-order valence-electron chi connectivity index (χ3n) is 2.85. The third-order valence-corrected chi connectivity index (χ3v) is 2.85. The molecule has 0 unspecified atom stereocenters. The Labute approximate surface area is 109 Å². The number of fused-ring (bicyclic) bond motifs is 1. The lowest BCUT2D eigenvalue weighted by molar-refractivity contribution is 0.415. The average molecular weight is 255 g/mol. The second-order valence-corrected chi connectivity index (χ2v) is 4.04. The Kier molecular flexibility index (Phi) is 2.75. The Balaban J connectivity index is 2.06. The van der Waals surface area contributed by atoms with E-state index in [4.69, 9.17) is 4.74 Å². The topological polar surface area (TPSA) is 57.8 Å². The molecular weight excluding hydrogens is 242 g/mol. The van der Waals surface area contributed by atoms with Gasteiger partial charge < -0.3 is 4.74 Å². The summed E-state index contributed by atoms with van der Waals surface area (Å²) >= 11 is 0. The van der Waals surface area contributed by atoms with Crippen LogP contribution in [-0.2, 0) is 6.54 Å². The van der Waals surface area contributed by atoms with Gasteiger partial charge in [-0.2, -0.15) is 4.80 Å². The van der Waals surface area contributed by atoms with Crippen molar-refractivity contribution in [2.75, 3.05) is 7.11 Å². The molecule has 19 heavy (non-hydrogen) atoms. The summed E-state index contributed by atoms with van der Waals surface area (Å²) in [6.07, 6.45) is 3.64. The van der Waals surface area contributed by atoms with Gasteiger partial charge in [0.2, 0.25) is 0 Å². The minimum atomic E-state index is 0.542. The number of ether oxygens (including phenoxy) is 1. The normalized spacial score (nSPS) is 10.8. The van der Waals surface area contributed by atoms with Gasteiger partial charge in [0.15, 0.2) is 0 Å². The quantitative estimate of drug-likeness (QED) is 0.667. The molecule has 6 heteroatoms. The summed E-state index contributed by atoms with van der Waals surface area (Å²) in [6.45, 7) is 4.19. The molecule has 0 amide bonds. The van der Waals surface area contributed by atoms with E-state index in [0.717, 1.165) is 16.7 Å². The Morgan fingerprint density at radius 1 is 1.37 bits per heavy atom. The Bertz CT molecular complexity index is 728. The molecule has 0 fully saturated rings. The van der Waals surface area contributed by atoms with Gasteiger partial charge in [-0.1, -0.05) is 11.2 Å². The lowest BCUT2D eigenvalue weighted by Gasteiger charge is -2.01. The predicted molar refractivity (Wildman–Crippen MR) is 71.4 cm³/mol. The van der Waals surface area contributed by atoms with Crippen LogP contribution < -0.4 is 4.74 Å². The van der Waals surface area contributed by atoms with Crippen molar-refractivity contribution in [3.8, 4) is 11.7 Å². The summed E-state index contributed by atoms with van der Waals surface area (Å²) < 4.78 is 7.10. The van der Waals surface area contributed by atoms with Crippen molar-refractivity contribution < 1.29 is 4.74 Å².